The average molecular weight is 531 g/mol. The highest BCUT2D eigenvalue weighted by Gasteiger charge is 2.22. The van der Waals surface area contributed by atoms with Crippen molar-refractivity contribution in [2.24, 2.45) is 24.3 Å². The van der Waals surface area contributed by atoms with Crippen molar-refractivity contribution in [3.8, 4) is 11.3 Å². The molecule has 190 valence electrons. The van der Waals surface area contributed by atoms with Gasteiger partial charge in [-0.2, -0.15) is 15.2 Å². The molecular weight excluding hydrogens is 512 g/mol. The maximum Gasteiger partial charge on any atom is 0.329 e. The summed E-state index contributed by atoms with van der Waals surface area (Å²) in [6.07, 6.45) is 4.39. The Balaban J connectivity index is 1.59. The highest BCUT2D eigenvalue weighted by molar-refractivity contribution is 6.41. The number of hydrogen-bond acceptors (Lipinski definition) is 7. The minimum absolute atomic E-state index is 0.0223. The number of fused-ring (bicyclic) bond motifs is 3. The van der Waals surface area contributed by atoms with E-state index in [1.807, 2.05) is 34.9 Å². The molecule has 12 nitrogen and oxygen atoms in total. The van der Waals surface area contributed by atoms with Gasteiger partial charge in [0, 0.05) is 31.8 Å². The van der Waals surface area contributed by atoms with Gasteiger partial charge in [0.15, 0.2) is 11.2 Å². The summed E-state index contributed by atoms with van der Waals surface area (Å²) in [6.45, 7) is 0. The normalized spacial score (nSPS) is 12.4. The number of allylic oxidation sites excluding steroid dienone is 1. The Morgan fingerprint density at radius 1 is 1.05 bits per heavy atom. The van der Waals surface area contributed by atoms with Gasteiger partial charge in [-0.25, -0.2) is 4.79 Å². The van der Waals surface area contributed by atoms with Crippen LogP contribution in [0.15, 0.2) is 79.4 Å². The van der Waals surface area contributed by atoms with Gasteiger partial charge in [0.25, 0.3) is 11.2 Å². The molecule has 0 unspecified atom stereocenters. The highest BCUT2D eigenvalue weighted by Crippen LogP contribution is 2.28. The van der Waals surface area contributed by atoms with Crippen LogP contribution in [0.5, 0.6) is 0 Å². The summed E-state index contributed by atoms with van der Waals surface area (Å²) < 4.78 is 4.71. The molecule has 0 saturated carbocycles. The molecule has 0 spiro atoms. The van der Waals surface area contributed by atoms with E-state index < -0.39 is 16.2 Å². The third-order valence-electron chi connectivity index (χ3n) is 5.90. The molecule has 38 heavy (non-hydrogen) atoms. The van der Waals surface area contributed by atoms with E-state index in [-0.39, 0.29) is 21.9 Å². The zero-order valence-corrected chi connectivity index (χ0v) is 20.8. The predicted octanol–water partition coefficient (Wildman–Crippen LogP) is 3.47. The Bertz CT molecular complexity index is 1910. The Hall–Kier alpha value is -5.10. The molecule has 2 aromatic carbocycles. The fraction of sp³-hybridized carbons (Fsp3) is 0.0800. The molecule has 0 atom stereocenters. The molecule has 0 saturated heterocycles. The summed E-state index contributed by atoms with van der Waals surface area (Å²) in [6, 6.07) is 15.4. The van der Waals surface area contributed by atoms with E-state index in [1.54, 1.807) is 29.7 Å². The number of aromatic amines is 1. The number of hydrogen-bond donors (Lipinski definition) is 1. The van der Waals surface area contributed by atoms with E-state index in [2.05, 4.69) is 20.2 Å². The lowest BCUT2D eigenvalue weighted by atomic mass is 10.1. The Labute approximate surface area is 218 Å². The van der Waals surface area contributed by atoms with Gasteiger partial charge in [-0.05, 0) is 23.8 Å². The summed E-state index contributed by atoms with van der Waals surface area (Å²) in [4.78, 5) is 42.1. The number of nitrogens with zero attached hydrogens (tertiary/aromatic N) is 7. The minimum Gasteiger partial charge on any atom is -0.312 e. The van der Waals surface area contributed by atoms with E-state index in [1.165, 1.54) is 36.2 Å². The fourth-order valence-electron chi connectivity index (χ4n) is 4.12. The number of benzene rings is 2. The second-order valence-electron chi connectivity index (χ2n) is 8.26. The largest absolute Gasteiger partial charge is 0.329 e. The van der Waals surface area contributed by atoms with Gasteiger partial charge in [-0.1, -0.05) is 41.9 Å². The van der Waals surface area contributed by atoms with E-state index in [0.717, 1.165) is 11.3 Å². The molecule has 1 N–H and O–H groups in total. The fourth-order valence-corrected chi connectivity index (χ4v) is 4.29. The summed E-state index contributed by atoms with van der Waals surface area (Å²) in [5, 5.41) is 19.2. The number of rotatable bonds is 6. The third kappa shape index (κ3) is 4.33. The molecule has 0 fully saturated rings. The Morgan fingerprint density at radius 3 is 2.45 bits per heavy atom. The van der Waals surface area contributed by atoms with Gasteiger partial charge < -0.3 is 4.57 Å². The average Bonchev–Trinajstić information content (AvgIpc) is 3.42. The van der Waals surface area contributed by atoms with Crippen molar-refractivity contribution in [3.05, 3.63) is 102 Å². The molecule has 0 aliphatic rings. The van der Waals surface area contributed by atoms with Crippen molar-refractivity contribution in [1.82, 2.24) is 23.5 Å². The molecule has 0 aliphatic carbocycles. The quantitative estimate of drug-likeness (QED) is 0.203. The van der Waals surface area contributed by atoms with Crippen LogP contribution in [0.3, 0.4) is 0 Å². The third-order valence-corrected chi connectivity index (χ3v) is 6.11. The highest BCUT2D eigenvalue weighted by atomic mass is 35.5. The number of H-pyrrole nitrogens is 1. The van der Waals surface area contributed by atoms with Gasteiger partial charge in [0.05, 0.1) is 33.8 Å². The van der Waals surface area contributed by atoms with Gasteiger partial charge in [-0.15, -0.1) is 0 Å². The Kier molecular flexibility index (Phi) is 6.31. The molecule has 0 aliphatic heterocycles. The molecule has 0 radical (unpaired) electrons. The van der Waals surface area contributed by atoms with Gasteiger partial charge in [0.1, 0.15) is 0 Å². The lowest BCUT2D eigenvalue weighted by Gasteiger charge is -2.05. The maximum absolute atomic E-state index is 12.8. The SMILES string of the molecule is Cn1c(-c2ccccc2)c(C=NN=CC(Cl)=Cc2ccc([N+](=O)[O-])cc2)n2c3c(=O)[nH]c(=O)n(C)c3nc12. The van der Waals surface area contributed by atoms with Crippen LogP contribution in [-0.2, 0) is 14.1 Å². The molecule has 0 bridgehead atoms. The van der Waals surface area contributed by atoms with Gasteiger partial charge >= 0.3 is 5.69 Å². The van der Waals surface area contributed by atoms with Crippen molar-refractivity contribution < 1.29 is 4.92 Å². The van der Waals surface area contributed by atoms with Crippen molar-refractivity contribution in [2.45, 2.75) is 0 Å². The number of imidazole rings is 2. The first-order valence-corrected chi connectivity index (χ1v) is 11.6. The topological polar surface area (TPSA) is 145 Å². The molecule has 0 amide bonds. The monoisotopic (exact) mass is 530 g/mol. The molecule has 13 heteroatoms. The second kappa shape index (κ2) is 9.75. The van der Waals surface area contributed by atoms with Crippen LogP contribution in [0, 0.1) is 10.1 Å². The van der Waals surface area contributed by atoms with Crippen molar-refractivity contribution in [2.75, 3.05) is 0 Å². The van der Waals surface area contributed by atoms with E-state index in [9.17, 15) is 19.7 Å². The number of halogens is 1. The summed E-state index contributed by atoms with van der Waals surface area (Å²) in [5.74, 6) is 0.437. The zero-order valence-electron chi connectivity index (χ0n) is 20.1. The first-order valence-electron chi connectivity index (χ1n) is 11.2. The van der Waals surface area contributed by atoms with Crippen LogP contribution < -0.4 is 11.2 Å². The van der Waals surface area contributed by atoms with Gasteiger partial charge in [-0.3, -0.25) is 28.9 Å². The van der Waals surface area contributed by atoms with Crippen molar-refractivity contribution in [1.29, 1.82) is 0 Å². The lowest BCUT2D eigenvalue weighted by Crippen LogP contribution is -2.28. The van der Waals surface area contributed by atoms with Crippen LogP contribution in [0.4, 0.5) is 5.69 Å². The lowest BCUT2D eigenvalue weighted by molar-refractivity contribution is -0.384. The predicted molar refractivity (Wildman–Crippen MR) is 146 cm³/mol. The first kappa shape index (κ1) is 24.6. The standard InChI is InChI=1S/C25H19ClN8O4/c1-31-20(16-6-4-3-5-7-16)19(33-21-22(29-24(31)33)32(2)25(36)30-23(21)35)14-28-27-13-17(26)12-15-8-10-18(11-9-15)34(37)38/h3-14H,1-2H3,(H,30,35,36). The van der Waals surface area contributed by atoms with Crippen LogP contribution in [0.25, 0.3) is 34.3 Å². The number of nitro benzene ring substituents is 1. The van der Waals surface area contributed by atoms with Crippen LogP contribution in [-0.4, -0.2) is 40.9 Å². The second-order valence-corrected chi connectivity index (χ2v) is 8.70. The van der Waals surface area contributed by atoms with E-state index in [0.29, 0.717) is 17.0 Å². The van der Waals surface area contributed by atoms with Crippen LogP contribution in [0.1, 0.15) is 11.3 Å². The molecule has 3 aromatic heterocycles. The van der Waals surface area contributed by atoms with Crippen LogP contribution in [0.2, 0.25) is 0 Å². The van der Waals surface area contributed by atoms with E-state index in [4.69, 9.17) is 11.6 Å². The smallest absolute Gasteiger partial charge is 0.312 e. The molecule has 5 rings (SSSR count). The van der Waals surface area contributed by atoms with Crippen LogP contribution >= 0.6 is 11.6 Å². The van der Waals surface area contributed by atoms with Crippen molar-refractivity contribution >= 4 is 52.7 Å². The Morgan fingerprint density at radius 2 is 1.76 bits per heavy atom. The number of nitrogens with one attached hydrogen (secondary N) is 1. The zero-order chi connectivity index (χ0) is 27.0. The molecular formula is C25H19ClN8O4. The number of aryl methyl sites for hydroxylation is 2. The number of nitro groups is 1. The minimum atomic E-state index is -0.576. The molecule has 5 aromatic rings. The van der Waals surface area contributed by atoms with Gasteiger partial charge in [0.2, 0.25) is 5.78 Å². The van der Waals surface area contributed by atoms with Crippen molar-refractivity contribution in [3.63, 3.8) is 0 Å². The number of non-ortho nitro benzene ring substituents is 1. The first-order chi connectivity index (χ1) is 18.3. The molecule has 3 heterocycles. The summed E-state index contributed by atoms with van der Waals surface area (Å²) >= 11 is 6.25. The summed E-state index contributed by atoms with van der Waals surface area (Å²) in [5.41, 5.74) is 2.03. The van der Waals surface area contributed by atoms with E-state index >= 15 is 0 Å². The number of aromatic nitrogens is 5. The maximum atomic E-state index is 12.8. The summed E-state index contributed by atoms with van der Waals surface area (Å²) in [7, 11) is 3.34.